The molecule has 2 nitrogen and oxygen atoms in total. The first-order valence-electron chi connectivity index (χ1n) is 3.83. The van der Waals surface area contributed by atoms with Gasteiger partial charge in [-0.2, -0.15) is 0 Å². The molecule has 1 unspecified atom stereocenters. The van der Waals surface area contributed by atoms with Gasteiger partial charge in [-0.25, -0.2) is 9.71 Å². The molecule has 0 amide bonds. The van der Waals surface area contributed by atoms with Crippen LogP contribution in [0.15, 0.2) is 0 Å². The number of nitrogens with zero attached hydrogens (tertiary/aromatic N) is 1. The molecule has 0 saturated carbocycles. The van der Waals surface area contributed by atoms with Crippen LogP contribution in [0.3, 0.4) is 0 Å². The first-order valence-corrected chi connectivity index (χ1v) is 3.83. The molecule has 1 radical (unpaired) electrons. The van der Waals surface area contributed by atoms with E-state index in [4.69, 9.17) is 0 Å². The van der Waals surface area contributed by atoms with Crippen LogP contribution in [-0.4, -0.2) is 32.9 Å². The van der Waals surface area contributed by atoms with Crippen molar-refractivity contribution in [2.75, 3.05) is 32.9 Å². The van der Waals surface area contributed by atoms with Crippen molar-refractivity contribution in [3.63, 3.8) is 0 Å². The molecule has 0 spiro atoms. The summed E-state index contributed by atoms with van der Waals surface area (Å²) in [7, 11) is 0. The number of rotatable bonds is 4. The average Bonchev–Trinajstić information content (AvgIpc) is 2.41. The maximum Gasteiger partial charge on any atom is 0.102 e. The second-order valence-corrected chi connectivity index (χ2v) is 2.68. The molecule has 10 heavy (non-hydrogen) atoms. The van der Waals surface area contributed by atoms with E-state index in [0.29, 0.717) is 12.5 Å². The lowest BCUT2D eigenvalue weighted by Crippen LogP contribution is -2.25. The molecule has 3 heteroatoms. The van der Waals surface area contributed by atoms with Gasteiger partial charge < -0.3 is 5.32 Å². The van der Waals surface area contributed by atoms with E-state index in [1.165, 1.54) is 6.42 Å². The van der Waals surface area contributed by atoms with E-state index >= 15 is 0 Å². The van der Waals surface area contributed by atoms with Crippen LogP contribution in [0.1, 0.15) is 6.42 Å². The fraction of sp³-hybridized carbons (Fsp3) is 1.00. The van der Waals surface area contributed by atoms with Crippen LogP contribution in [0.2, 0.25) is 0 Å². The number of alkyl halides is 1. The van der Waals surface area contributed by atoms with Gasteiger partial charge in [-0.1, -0.05) is 0 Å². The monoisotopic (exact) mass is 145 g/mol. The van der Waals surface area contributed by atoms with Crippen molar-refractivity contribution in [1.82, 2.24) is 10.6 Å². The summed E-state index contributed by atoms with van der Waals surface area (Å²) in [6, 6.07) is 0. The summed E-state index contributed by atoms with van der Waals surface area (Å²) in [5, 5.41) is 7.25. The lowest BCUT2D eigenvalue weighted by molar-refractivity contribution is 0.439. The summed E-state index contributed by atoms with van der Waals surface area (Å²) < 4.78 is 11.6. The Morgan fingerprint density at radius 1 is 1.60 bits per heavy atom. The van der Waals surface area contributed by atoms with E-state index in [1.807, 2.05) is 0 Å². The average molecular weight is 145 g/mol. The number of hydrogen-bond donors (Lipinski definition) is 1. The van der Waals surface area contributed by atoms with Gasteiger partial charge in [0, 0.05) is 19.6 Å². The highest BCUT2D eigenvalue weighted by Crippen LogP contribution is 2.06. The predicted molar refractivity (Wildman–Crippen MR) is 38.8 cm³/mol. The van der Waals surface area contributed by atoms with Gasteiger partial charge in [0.15, 0.2) is 0 Å². The lowest BCUT2D eigenvalue weighted by atomic mass is 10.1. The second-order valence-electron chi connectivity index (χ2n) is 2.68. The first kappa shape index (κ1) is 7.95. The Kier molecular flexibility index (Phi) is 3.68. The highest BCUT2D eigenvalue weighted by Gasteiger charge is 2.13. The van der Waals surface area contributed by atoms with E-state index in [9.17, 15) is 4.39 Å². The third-order valence-electron chi connectivity index (χ3n) is 1.79. The Hall–Kier alpha value is -0.150. The predicted octanol–water partition coefficient (Wildman–Crippen LogP) is 0.170. The molecule has 0 bridgehead atoms. The molecular weight excluding hydrogens is 131 g/mol. The maximum absolute atomic E-state index is 11.6. The van der Waals surface area contributed by atoms with Crippen LogP contribution in [0.5, 0.6) is 0 Å². The van der Waals surface area contributed by atoms with Crippen LogP contribution in [0.4, 0.5) is 4.39 Å². The molecule has 1 N–H and O–H groups in total. The third kappa shape index (κ3) is 2.62. The van der Waals surface area contributed by atoms with Gasteiger partial charge in [0.1, 0.15) is 6.67 Å². The van der Waals surface area contributed by atoms with Crippen molar-refractivity contribution in [2.24, 2.45) is 5.92 Å². The van der Waals surface area contributed by atoms with Crippen molar-refractivity contribution in [1.29, 1.82) is 0 Å². The van der Waals surface area contributed by atoms with Crippen LogP contribution in [0.25, 0.3) is 0 Å². The molecule has 0 aromatic heterocycles. The smallest absolute Gasteiger partial charge is 0.102 e. The number of halogens is 1. The lowest BCUT2D eigenvalue weighted by Gasteiger charge is -2.06. The van der Waals surface area contributed by atoms with Crippen molar-refractivity contribution in [2.45, 2.75) is 6.42 Å². The Labute approximate surface area is 61.2 Å². The molecule has 1 aliphatic heterocycles. The van der Waals surface area contributed by atoms with E-state index in [-0.39, 0.29) is 6.67 Å². The molecule has 1 saturated heterocycles. The van der Waals surface area contributed by atoms with E-state index in [0.717, 1.165) is 19.6 Å². The SMILES string of the molecule is FCCNCC1CC[N]C1. The van der Waals surface area contributed by atoms with Crippen molar-refractivity contribution in [3.05, 3.63) is 0 Å². The van der Waals surface area contributed by atoms with E-state index < -0.39 is 0 Å². The molecule has 1 rings (SSSR count). The molecule has 1 atom stereocenters. The minimum Gasteiger partial charge on any atom is -0.314 e. The van der Waals surface area contributed by atoms with E-state index in [1.54, 1.807) is 0 Å². The fourth-order valence-corrected chi connectivity index (χ4v) is 1.18. The van der Waals surface area contributed by atoms with Crippen LogP contribution in [-0.2, 0) is 0 Å². The zero-order chi connectivity index (χ0) is 7.23. The highest BCUT2D eigenvalue weighted by molar-refractivity contribution is 4.72. The van der Waals surface area contributed by atoms with Gasteiger partial charge in [-0.3, -0.25) is 0 Å². The summed E-state index contributed by atoms with van der Waals surface area (Å²) in [6.45, 7) is 3.15. The topological polar surface area (TPSA) is 26.1 Å². The van der Waals surface area contributed by atoms with Gasteiger partial charge in [-0.05, 0) is 18.9 Å². The molecule has 0 aliphatic carbocycles. The summed E-state index contributed by atoms with van der Waals surface area (Å²) in [4.78, 5) is 0. The summed E-state index contributed by atoms with van der Waals surface area (Å²) in [6.07, 6.45) is 1.18. The Bertz CT molecular complexity index is 81.7. The van der Waals surface area contributed by atoms with Gasteiger partial charge in [0.2, 0.25) is 0 Å². The molecule has 59 valence electrons. The minimum atomic E-state index is -0.260. The van der Waals surface area contributed by atoms with Gasteiger partial charge in [-0.15, -0.1) is 0 Å². The molecule has 1 fully saturated rings. The zero-order valence-electron chi connectivity index (χ0n) is 6.15. The van der Waals surface area contributed by atoms with Gasteiger partial charge in [0.25, 0.3) is 0 Å². The summed E-state index contributed by atoms with van der Waals surface area (Å²) in [5.74, 6) is 0.673. The third-order valence-corrected chi connectivity index (χ3v) is 1.79. The van der Waals surface area contributed by atoms with Gasteiger partial charge in [0.05, 0.1) is 0 Å². The normalized spacial score (nSPS) is 25.5. The summed E-state index contributed by atoms with van der Waals surface area (Å²) in [5.41, 5.74) is 0. The molecular formula is C7H14FN2. The molecule has 1 heterocycles. The first-order chi connectivity index (χ1) is 4.93. The maximum atomic E-state index is 11.6. The summed E-state index contributed by atoms with van der Waals surface area (Å²) >= 11 is 0. The van der Waals surface area contributed by atoms with Crippen molar-refractivity contribution < 1.29 is 4.39 Å². The van der Waals surface area contributed by atoms with Crippen molar-refractivity contribution in [3.8, 4) is 0 Å². The van der Waals surface area contributed by atoms with Crippen LogP contribution in [0, 0.1) is 5.92 Å². The Morgan fingerprint density at radius 2 is 2.50 bits per heavy atom. The fourth-order valence-electron chi connectivity index (χ4n) is 1.18. The standard InChI is InChI=1S/C7H14FN2/c8-2-4-10-6-7-1-3-9-5-7/h7,10H,1-6H2. The second kappa shape index (κ2) is 4.63. The Morgan fingerprint density at radius 3 is 3.10 bits per heavy atom. The van der Waals surface area contributed by atoms with Crippen LogP contribution < -0.4 is 10.6 Å². The largest absolute Gasteiger partial charge is 0.314 e. The molecule has 0 aromatic carbocycles. The zero-order valence-corrected chi connectivity index (χ0v) is 6.15. The minimum absolute atomic E-state index is 0.260. The molecule has 1 aliphatic rings. The number of nitrogens with one attached hydrogen (secondary N) is 1. The van der Waals surface area contributed by atoms with Gasteiger partial charge >= 0.3 is 0 Å². The van der Waals surface area contributed by atoms with E-state index in [2.05, 4.69) is 10.6 Å². The highest BCUT2D eigenvalue weighted by atomic mass is 19.1. The number of hydrogen-bond acceptors (Lipinski definition) is 1. The van der Waals surface area contributed by atoms with Crippen LogP contribution >= 0.6 is 0 Å². The molecule has 0 aromatic rings. The Balaban J connectivity index is 1.91. The quantitative estimate of drug-likeness (QED) is 0.561. The van der Waals surface area contributed by atoms with Crippen molar-refractivity contribution >= 4 is 0 Å².